The number of hydrogen-bond acceptors (Lipinski definition) is 6. The van der Waals surface area contributed by atoms with Crippen LogP contribution in [0.15, 0.2) is 60.7 Å². The van der Waals surface area contributed by atoms with Crippen molar-refractivity contribution in [3.63, 3.8) is 0 Å². The van der Waals surface area contributed by atoms with Gasteiger partial charge in [0.05, 0.1) is 22.4 Å². The molecule has 0 unspecified atom stereocenters. The maximum Gasteiger partial charge on any atom is 0.231 e. The van der Waals surface area contributed by atoms with Crippen LogP contribution in [0.25, 0.3) is 35.3 Å². The van der Waals surface area contributed by atoms with Crippen LogP contribution >= 0.6 is 0 Å². The van der Waals surface area contributed by atoms with Crippen molar-refractivity contribution in [1.29, 1.82) is 0 Å². The summed E-state index contributed by atoms with van der Waals surface area (Å²) in [5, 5.41) is 0. The van der Waals surface area contributed by atoms with Gasteiger partial charge in [0.1, 0.15) is 0 Å². The zero-order valence-corrected chi connectivity index (χ0v) is 17.0. The first-order chi connectivity index (χ1) is 15.8. The average Bonchev–Trinajstić information content (AvgIpc) is 3.49. The molecule has 0 atom stereocenters. The summed E-state index contributed by atoms with van der Waals surface area (Å²) in [6.45, 7) is 0.515. The summed E-state index contributed by atoms with van der Waals surface area (Å²) >= 11 is 0. The Kier molecular flexibility index (Phi) is 4.46. The molecule has 0 aliphatic carbocycles. The topological polar surface area (TPSA) is 62.7 Å². The highest BCUT2D eigenvalue weighted by Gasteiger charge is 2.13. The highest BCUT2D eigenvalue weighted by atomic mass is 16.7. The summed E-state index contributed by atoms with van der Waals surface area (Å²) in [7, 11) is 0. The first kappa shape index (κ1) is 18.4. The molecule has 1 aromatic heterocycles. The van der Waals surface area contributed by atoms with Crippen molar-refractivity contribution >= 4 is 35.3 Å². The van der Waals surface area contributed by atoms with Crippen LogP contribution < -0.4 is 18.9 Å². The molecule has 0 amide bonds. The molecule has 2 aliphatic heterocycles. The lowest BCUT2D eigenvalue weighted by Gasteiger charge is -2.04. The van der Waals surface area contributed by atoms with Gasteiger partial charge in [0, 0.05) is 0 Å². The van der Waals surface area contributed by atoms with Crippen LogP contribution in [0.5, 0.6) is 23.0 Å². The molecule has 4 aromatic rings. The SMILES string of the molecule is C(=C/c1nc2ccccc2nc1/C=C/c1ccc2c(c1)OCO2)/c1ccc2c(c1)OCO2. The molecular formula is C26H18N2O4. The number of benzene rings is 3. The van der Waals surface area contributed by atoms with Crippen molar-refractivity contribution in [2.45, 2.75) is 0 Å². The minimum absolute atomic E-state index is 0.257. The summed E-state index contributed by atoms with van der Waals surface area (Å²) in [5.74, 6) is 3.03. The zero-order valence-electron chi connectivity index (χ0n) is 17.0. The molecule has 2 aliphatic rings. The van der Waals surface area contributed by atoms with Gasteiger partial charge < -0.3 is 18.9 Å². The number of aromatic nitrogens is 2. The molecule has 0 saturated carbocycles. The van der Waals surface area contributed by atoms with Crippen LogP contribution in [0.4, 0.5) is 0 Å². The first-order valence-corrected chi connectivity index (χ1v) is 10.2. The Balaban J connectivity index is 1.36. The molecule has 0 saturated heterocycles. The predicted molar refractivity (Wildman–Crippen MR) is 123 cm³/mol. The fourth-order valence-electron chi connectivity index (χ4n) is 3.66. The van der Waals surface area contributed by atoms with Gasteiger partial charge >= 0.3 is 0 Å². The fraction of sp³-hybridized carbons (Fsp3) is 0.0769. The van der Waals surface area contributed by atoms with Gasteiger partial charge in [-0.1, -0.05) is 36.4 Å². The monoisotopic (exact) mass is 422 g/mol. The molecule has 156 valence electrons. The molecule has 0 bridgehead atoms. The molecule has 6 nitrogen and oxygen atoms in total. The van der Waals surface area contributed by atoms with Gasteiger partial charge in [-0.25, -0.2) is 9.97 Å². The number of hydrogen-bond donors (Lipinski definition) is 0. The quantitative estimate of drug-likeness (QED) is 0.437. The molecule has 0 spiro atoms. The van der Waals surface area contributed by atoms with Gasteiger partial charge in [-0.2, -0.15) is 0 Å². The molecule has 0 radical (unpaired) electrons. The van der Waals surface area contributed by atoms with Gasteiger partial charge in [0.25, 0.3) is 0 Å². The van der Waals surface area contributed by atoms with Crippen LogP contribution in [0, 0.1) is 0 Å². The van der Waals surface area contributed by atoms with E-state index >= 15 is 0 Å². The number of fused-ring (bicyclic) bond motifs is 3. The largest absolute Gasteiger partial charge is 0.454 e. The average molecular weight is 422 g/mol. The Labute approximate surface area is 184 Å². The van der Waals surface area contributed by atoms with Crippen molar-refractivity contribution in [1.82, 2.24) is 9.97 Å². The third kappa shape index (κ3) is 3.52. The number of para-hydroxylation sites is 2. The number of ether oxygens (including phenoxy) is 4. The molecule has 0 fully saturated rings. The molecule has 3 aromatic carbocycles. The van der Waals surface area contributed by atoms with E-state index in [4.69, 9.17) is 28.9 Å². The predicted octanol–water partition coefficient (Wildman–Crippen LogP) is 5.43. The fourth-order valence-corrected chi connectivity index (χ4v) is 3.66. The first-order valence-electron chi connectivity index (χ1n) is 10.2. The van der Waals surface area contributed by atoms with E-state index in [0.29, 0.717) is 0 Å². The van der Waals surface area contributed by atoms with E-state index in [1.165, 1.54) is 0 Å². The van der Waals surface area contributed by atoms with Crippen molar-refractivity contribution in [2.75, 3.05) is 13.6 Å². The lowest BCUT2D eigenvalue weighted by molar-refractivity contribution is 0.173. The summed E-state index contributed by atoms with van der Waals surface area (Å²) in [4.78, 5) is 9.66. The van der Waals surface area contributed by atoms with Crippen LogP contribution in [-0.2, 0) is 0 Å². The summed E-state index contributed by atoms with van der Waals surface area (Å²) in [5.41, 5.74) is 5.23. The normalized spacial score (nSPS) is 14.1. The maximum atomic E-state index is 5.48. The van der Waals surface area contributed by atoms with Gasteiger partial charge in [-0.3, -0.25) is 0 Å². The van der Waals surface area contributed by atoms with Crippen molar-refractivity contribution in [3.8, 4) is 23.0 Å². The maximum absolute atomic E-state index is 5.48. The second kappa shape index (κ2) is 7.74. The van der Waals surface area contributed by atoms with E-state index in [9.17, 15) is 0 Å². The van der Waals surface area contributed by atoms with E-state index in [1.807, 2.05) is 85.0 Å². The van der Waals surface area contributed by atoms with Gasteiger partial charge in [-0.05, 0) is 59.7 Å². The van der Waals surface area contributed by atoms with Gasteiger partial charge in [0.15, 0.2) is 23.0 Å². The Morgan fingerprint density at radius 2 is 1.00 bits per heavy atom. The molecule has 32 heavy (non-hydrogen) atoms. The van der Waals surface area contributed by atoms with Crippen LogP contribution in [-0.4, -0.2) is 23.6 Å². The summed E-state index contributed by atoms with van der Waals surface area (Å²) in [6.07, 6.45) is 7.93. The van der Waals surface area contributed by atoms with Gasteiger partial charge in [-0.15, -0.1) is 0 Å². The van der Waals surface area contributed by atoms with Gasteiger partial charge in [0.2, 0.25) is 13.6 Å². The summed E-state index contributed by atoms with van der Waals surface area (Å²) in [6, 6.07) is 19.6. The van der Waals surface area contributed by atoms with Crippen LogP contribution in [0.3, 0.4) is 0 Å². The molecule has 3 heterocycles. The Bertz CT molecular complexity index is 1290. The number of nitrogens with zero attached hydrogens (tertiary/aromatic N) is 2. The smallest absolute Gasteiger partial charge is 0.231 e. The Morgan fingerprint density at radius 3 is 1.50 bits per heavy atom. The van der Waals surface area contributed by atoms with Crippen LogP contribution in [0.1, 0.15) is 22.5 Å². The third-order valence-corrected chi connectivity index (χ3v) is 5.29. The van der Waals surface area contributed by atoms with Crippen molar-refractivity contribution in [3.05, 3.63) is 83.2 Å². The van der Waals surface area contributed by atoms with E-state index in [-0.39, 0.29) is 13.6 Å². The third-order valence-electron chi connectivity index (χ3n) is 5.29. The lowest BCUT2D eigenvalue weighted by Crippen LogP contribution is -1.94. The lowest BCUT2D eigenvalue weighted by atomic mass is 10.1. The Hall–Kier alpha value is -4.32. The zero-order chi connectivity index (χ0) is 21.3. The highest BCUT2D eigenvalue weighted by Crippen LogP contribution is 2.34. The number of rotatable bonds is 4. The van der Waals surface area contributed by atoms with E-state index in [0.717, 1.165) is 56.5 Å². The van der Waals surface area contributed by atoms with Crippen molar-refractivity contribution in [2.24, 2.45) is 0 Å². The Morgan fingerprint density at radius 1 is 0.531 bits per heavy atom. The van der Waals surface area contributed by atoms with E-state index < -0.39 is 0 Å². The van der Waals surface area contributed by atoms with E-state index in [2.05, 4.69) is 0 Å². The minimum Gasteiger partial charge on any atom is -0.454 e. The van der Waals surface area contributed by atoms with Crippen molar-refractivity contribution < 1.29 is 18.9 Å². The molecule has 6 heteroatoms. The second-order valence-corrected chi connectivity index (χ2v) is 7.37. The van der Waals surface area contributed by atoms with Crippen LogP contribution in [0.2, 0.25) is 0 Å². The second-order valence-electron chi connectivity index (χ2n) is 7.37. The van der Waals surface area contributed by atoms with E-state index in [1.54, 1.807) is 0 Å². The molecule has 0 N–H and O–H groups in total. The summed E-state index contributed by atoms with van der Waals surface area (Å²) < 4.78 is 21.7. The highest BCUT2D eigenvalue weighted by molar-refractivity contribution is 5.83. The minimum atomic E-state index is 0.257. The molecular weight excluding hydrogens is 404 g/mol. The molecule has 6 rings (SSSR count). The standard InChI is InChI=1S/C26H18N2O4/c1-2-4-20-19(3-1)27-21(9-5-17-7-11-23-25(13-17)31-15-29-23)22(28-20)10-6-18-8-12-24-26(14-18)32-16-30-24/h1-14H,15-16H2/b9-5-,10-6+.